The van der Waals surface area contributed by atoms with Crippen LogP contribution in [0.15, 0.2) is 0 Å². The second kappa shape index (κ2) is 6.85. The molecule has 1 N–H and O–H groups in total. The van der Waals surface area contributed by atoms with Gasteiger partial charge < -0.3 is 14.7 Å². The van der Waals surface area contributed by atoms with E-state index in [0.717, 1.165) is 29.8 Å². The highest BCUT2D eigenvalue weighted by Gasteiger charge is 2.59. The van der Waals surface area contributed by atoms with Crippen LogP contribution < -0.4 is 0 Å². The maximum Gasteiger partial charge on any atom is 0.318 e. The first kappa shape index (κ1) is 18.6. The Balaban J connectivity index is 1.59. The molecule has 1 amide bonds. The van der Waals surface area contributed by atoms with Crippen LogP contribution in [0.5, 0.6) is 0 Å². The lowest BCUT2D eigenvalue weighted by molar-refractivity contribution is -0.143. The maximum absolute atomic E-state index is 12.8. The largest absolute Gasteiger partial charge is 0.480 e. The van der Waals surface area contributed by atoms with Crippen molar-refractivity contribution in [2.45, 2.75) is 38.2 Å². The molecule has 1 heterocycles. The lowest BCUT2D eigenvalue weighted by Gasteiger charge is -2.35. The summed E-state index contributed by atoms with van der Waals surface area (Å²) in [5, 5.41) is 8.90. The van der Waals surface area contributed by atoms with E-state index in [9.17, 15) is 18.0 Å². The van der Waals surface area contributed by atoms with Crippen LogP contribution in [0.1, 0.15) is 32.1 Å². The molecule has 3 rings (SSSR count). The first-order valence-electron chi connectivity index (χ1n) is 8.79. The van der Waals surface area contributed by atoms with E-state index < -0.39 is 28.6 Å². The van der Waals surface area contributed by atoms with E-state index in [0.29, 0.717) is 19.7 Å². The van der Waals surface area contributed by atoms with Gasteiger partial charge in [-0.05, 0) is 24.7 Å². The van der Waals surface area contributed by atoms with Crippen molar-refractivity contribution in [3.05, 3.63) is 0 Å². The third kappa shape index (κ3) is 4.15. The second-order valence-electron chi connectivity index (χ2n) is 7.55. The summed E-state index contributed by atoms with van der Waals surface area (Å²) >= 11 is 0. The van der Waals surface area contributed by atoms with Crippen molar-refractivity contribution >= 4 is 21.9 Å². The lowest BCUT2D eigenvalue weighted by Crippen LogP contribution is -2.51. The minimum atomic E-state index is -3.65. The fourth-order valence-electron chi connectivity index (χ4n) is 4.27. The first-order chi connectivity index (χ1) is 11.7. The summed E-state index contributed by atoms with van der Waals surface area (Å²) in [4.78, 5) is 25.4. The molecular weight excluding hydrogens is 348 g/mol. The number of aliphatic carboxylic acids is 1. The van der Waals surface area contributed by atoms with E-state index in [4.69, 9.17) is 9.84 Å². The van der Waals surface area contributed by atoms with E-state index in [1.807, 2.05) is 0 Å². The summed E-state index contributed by atoms with van der Waals surface area (Å²) in [7, 11) is -3.65. The van der Waals surface area contributed by atoms with Crippen molar-refractivity contribution in [2.24, 2.45) is 11.3 Å². The first-order valence-corrected chi connectivity index (χ1v) is 10.6. The molecule has 2 saturated carbocycles. The normalized spacial score (nSPS) is 28.5. The average Bonchev–Trinajstić information content (AvgIpc) is 3.01. The van der Waals surface area contributed by atoms with Gasteiger partial charge in [-0.2, -0.15) is 4.31 Å². The molecule has 0 radical (unpaired) electrons. The van der Waals surface area contributed by atoms with Crippen LogP contribution in [0, 0.1) is 11.3 Å². The summed E-state index contributed by atoms with van der Waals surface area (Å²) in [6.07, 6.45) is 6.14. The Labute approximate surface area is 148 Å². The molecule has 1 aliphatic heterocycles. The van der Waals surface area contributed by atoms with Gasteiger partial charge in [-0.1, -0.05) is 12.8 Å². The number of carbonyl (C=O) groups is 2. The van der Waals surface area contributed by atoms with Gasteiger partial charge >= 0.3 is 5.97 Å². The average molecular weight is 374 g/mol. The molecule has 0 bridgehead atoms. The standard InChI is InChI=1S/C16H26N2O6S/c1-25(22,23)18(11-14(19)20)10-12-9-17(6-7-24-12)15(21)13-8-16(13)4-2-3-5-16/h12-13H,2-11H2,1H3,(H,19,20). The smallest absolute Gasteiger partial charge is 0.318 e. The molecule has 2 aliphatic carbocycles. The molecule has 0 aromatic rings. The van der Waals surface area contributed by atoms with Crippen LogP contribution in [-0.2, 0) is 24.3 Å². The fraction of sp³-hybridized carbons (Fsp3) is 0.875. The van der Waals surface area contributed by atoms with Crippen LogP contribution in [0.2, 0.25) is 0 Å². The van der Waals surface area contributed by atoms with Gasteiger partial charge in [-0.25, -0.2) is 8.42 Å². The Hall–Kier alpha value is -1.19. The molecule has 8 nitrogen and oxygen atoms in total. The minimum absolute atomic E-state index is 0.0509. The Bertz CT molecular complexity index is 643. The summed E-state index contributed by atoms with van der Waals surface area (Å²) in [6, 6.07) is 0. The summed E-state index contributed by atoms with van der Waals surface area (Å²) in [5.74, 6) is -0.951. The van der Waals surface area contributed by atoms with Crippen LogP contribution in [0.3, 0.4) is 0 Å². The Morgan fingerprint density at radius 3 is 2.60 bits per heavy atom. The number of ether oxygens (including phenoxy) is 1. The van der Waals surface area contributed by atoms with Crippen molar-refractivity contribution in [1.29, 1.82) is 0 Å². The number of carboxylic acids is 1. The molecule has 0 aromatic heterocycles. The van der Waals surface area contributed by atoms with Crippen LogP contribution in [0.25, 0.3) is 0 Å². The lowest BCUT2D eigenvalue weighted by atomic mass is 10.0. The Morgan fingerprint density at radius 1 is 1.32 bits per heavy atom. The van der Waals surface area contributed by atoms with Crippen molar-refractivity contribution in [2.75, 3.05) is 39.0 Å². The van der Waals surface area contributed by atoms with Gasteiger partial charge in [0.25, 0.3) is 0 Å². The SMILES string of the molecule is CS(=O)(=O)N(CC(=O)O)CC1CN(C(=O)C2CC23CCCC3)CCO1. The van der Waals surface area contributed by atoms with Gasteiger partial charge in [0.15, 0.2) is 0 Å². The maximum atomic E-state index is 12.8. The number of morpholine rings is 1. The zero-order valence-corrected chi connectivity index (χ0v) is 15.3. The van der Waals surface area contributed by atoms with Crippen molar-refractivity contribution in [3.8, 4) is 0 Å². The molecule has 142 valence electrons. The quantitative estimate of drug-likeness (QED) is 0.709. The number of hydrogen-bond donors (Lipinski definition) is 1. The van der Waals surface area contributed by atoms with Gasteiger partial charge in [0.05, 0.1) is 19.0 Å². The number of carboxylic acid groups (broad SMARTS) is 1. The minimum Gasteiger partial charge on any atom is -0.480 e. The van der Waals surface area contributed by atoms with Crippen LogP contribution >= 0.6 is 0 Å². The summed E-state index contributed by atoms with van der Waals surface area (Å²) < 4.78 is 30.0. The molecule has 25 heavy (non-hydrogen) atoms. The topological polar surface area (TPSA) is 104 Å². The van der Waals surface area contributed by atoms with Gasteiger partial charge in [-0.3, -0.25) is 9.59 Å². The third-order valence-corrected chi connectivity index (χ3v) is 6.94. The van der Waals surface area contributed by atoms with Gasteiger partial charge in [-0.15, -0.1) is 0 Å². The molecule has 0 aromatic carbocycles. The number of hydrogen-bond acceptors (Lipinski definition) is 5. The number of amides is 1. The van der Waals surface area contributed by atoms with E-state index >= 15 is 0 Å². The Morgan fingerprint density at radius 2 is 2.00 bits per heavy atom. The summed E-state index contributed by atoms with van der Waals surface area (Å²) in [5.41, 5.74) is 0.229. The zero-order chi connectivity index (χ0) is 18.2. The molecule has 2 atom stereocenters. The highest BCUT2D eigenvalue weighted by Crippen LogP contribution is 2.63. The van der Waals surface area contributed by atoms with Crippen molar-refractivity contribution in [3.63, 3.8) is 0 Å². The molecule has 2 unspecified atom stereocenters. The molecule has 3 fully saturated rings. The number of sulfonamides is 1. The second-order valence-corrected chi connectivity index (χ2v) is 9.53. The van der Waals surface area contributed by atoms with Crippen molar-refractivity contribution < 1.29 is 27.9 Å². The summed E-state index contributed by atoms with van der Waals surface area (Å²) in [6.45, 7) is 0.528. The van der Waals surface area contributed by atoms with E-state index in [1.54, 1.807) is 4.90 Å². The highest BCUT2D eigenvalue weighted by molar-refractivity contribution is 7.88. The van der Waals surface area contributed by atoms with E-state index in [-0.39, 0.29) is 23.8 Å². The molecule has 1 spiro atoms. The predicted octanol–water partition coefficient (Wildman–Crippen LogP) is 0.140. The third-order valence-electron chi connectivity index (χ3n) is 5.73. The molecule has 3 aliphatic rings. The van der Waals surface area contributed by atoms with Crippen LogP contribution in [-0.4, -0.2) is 79.8 Å². The van der Waals surface area contributed by atoms with E-state index in [1.165, 1.54) is 12.8 Å². The van der Waals surface area contributed by atoms with Crippen molar-refractivity contribution in [1.82, 2.24) is 9.21 Å². The monoisotopic (exact) mass is 374 g/mol. The predicted molar refractivity (Wildman–Crippen MR) is 89.4 cm³/mol. The fourth-order valence-corrected chi connectivity index (χ4v) is 5.06. The molecule has 9 heteroatoms. The molecule has 1 saturated heterocycles. The van der Waals surface area contributed by atoms with Gasteiger partial charge in [0.1, 0.15) is 6.54 Å². The van der Waals surface area contributed by atoms with E-state index in [2.05, 4.69) is 0 Å². The highest BCUT2D eigenvalue weighted by atomic mass is 32.2. The molecular formula is C16H26N2O6S. The van der Waals surface area contributed by atoms with Gasteiger partial charge in [0.2, 0.25) is 15.9 Å². The number of rotatable bonds is 6. The Kier molecular flexibility index (Phi) is 5.09. The zero-order valence-electron chi connectivity index (χ0n) is 14.5. The number of carbonyl (C=O) groups excluding carboxylic acids is 1. The number of nitrogens with zero attached hydrogens (tertiary/aromatic N) is 2. The van der Waals surface area contributed by atoms with Gasteiger partial charge in [0, 0.05) is 25.6 Å². The van der Waals surface area contributed by atoms with Crippen LogP contribution in [0.4, 0.5) is 0 Å².